The molecule has 116 valence electrons. The van der Waals surface area contributed by atoms with Gasteiger partial charge in [0.1, 0.15) is 0 Å². The molecule has 0 aromatic heterocycles. The van der Waals surface area contributed by atoms with Gasteiger partial charge in [0.05, 0.1) is 6.04 Å². The summed E-state index contributed by atoms with van der Waals surface area (Å²) in [6.07, 6.45) is 1.96. The lowest BCUT2D eigenvalue weighted by atomic mass is 10.0. The third-order valence-electron chi connectivity index (χ3n) is 3.39. The van der Waals surface area contributed by atoms with Gasteiger partial charge in [-0.25, -0.2) is 0 Å². The van der Waals surface area contributed by atoms with E-state index in [2.05, 4.69) is 10.6 Å². The third kappa shape index (κ3) is 5.02. The Labute approximate surface area is 131 Å². The van der Waals surface area contributed by atoms with E-state index in [0.29, 0.717) is 5.69 Å². The first-order valence-electron chi connectivity index (χ1n) is 6.94. The predicted octanol–water partition coefficient (Wildman–Crippen LogP) is 2.38. The Morgan fingerprint density at radius 2 is 1.57 bits per heavy atom. The van der Waals surface area contributed by atoms with Crippen LogP contribution in [0, 0.1) is 11.8 Å². The third-order valence-corrected chi connectivity index (χ3v) is 3.39. The topological polar surface area (TPSA) is 84.2 Å². The average Bonchev–Trinajstić information content (AvgIpc) is 3.24. The minimum absolute atomic E-state index is 0. The minimum atomic E-state index is -0.524. The standard InChI is InChI=1S/C15H21N3O2.ClH/c1-9(2)13(16)15(20)18-12-7-5-11(6-8-12)17-14(19)10-3-4-10;/h5-10,13H,3-4,16H2,1-2H3,(H,17,19)(H,18,20);1H/t13-;/m1./s1. The Bertz CT molecular complexity index is 498. The van der Waals surface area contributed by atoms with Crippen molar-refractivity contribution in [2.75, 3.05) is 10.6 Å². The van der Waals surface area contributed by atoms with E-state index < -0.39 is 6.04 Å². The van der Waals surface area contributed by atoms with Gasteiger partial charge in [0.25, 0.3) is 0 Å². The molecule has 0 unspecified atom stereocenters. The van der Waals surface area contributed by atoms with Crippen molar-refractivity contribution in [2.45, 2.75) is 32.7 Å². The van der Waals surface area contributed by atoms with E-state index in [-0.39, 0.29) is 36.1 Å². The van der Waals surface area contributed by atoms with E-state index in [0.717, 1.165) is 18.5 Å². The molecule has 1 aliphatic carbocycles. The Kier molecular flexibility index (Phi) is 6.18. The monoisotopic (exact) mass is 311 g/mol. The Balaban J connectivity index is 0.00000220. The van der Waals surface area contributed by atoms with E-state index >= 15 is 0 Å². The normalized spacial score (nSPS) is 15.0. The second-order valence-electron chi connectivity index (χ2n) is 5.60. The summed E-state index contributed by atoms with van der Waals surface area (Å²) in [4.78, 5) is 23.4. The van der Waals surface area contributed by atoms with Gasteiger partial charge in [0, 0.05) is 17.3 Å². The number of carbonyl (C=O) groups is 2. The van der Waals surface area contributed by atoms with E-state index in [9.17, 15) is 9.59 Å². The van der Waals surface area contributed by atoms with Crippen LogP contribution in [0.3, 0.4) is 0 Å². The van der Waals surface area contributed by atoms with Crippen LogP contribution >= 0.6 is 12.4 Å². The molecule has 0 aliphatic heterocycles. The lowest BCUT2D eigenvalue weighted by Crippen LogP contribution is -2.39. The molecule has 0 heterocycles. The van der Waals surface area contributed by atoms with Crippen LogP contribution in [0.2, 0.25) is 0 Å². The van der Waals surface area contributed by atoms with Gasteiger partial charge in [-0.15, -0.1) is 12.4 Å². The summed E-state index contributed by atoms with van der Waals surface area (Å²) in [6.45, 7) is 3.81. The summed E-state index contributed by atoms with van der Waals surface area (Å²) in [5.74, 6) is 0.143. The molecule has 0 spiro atoms. The molecule has 0 radical (unpaired) electrons. The quantitative estimate of drug-likeness (QED) is 0.780. The van der Waals surface area contributed by atoms with E-state index in [1.807, 2.05) is 13.8 Å². The van der Waals surface area contributed by atoms with Crippen LogP contribution in [0.25, 0.3) is 0 Å². The van der Waals surface area contributed by atoms with Gasteiger partial charge in [-0.2, -0.15) is 0 Å². The van der Waals surface area contributed by atoms with Crippen molar-refractivity contribution in [2.24, 2.45) is 17.6 Å². The fraction of sp³-hybridized carbons (Fsp3) is 0.467. The molecule has 1 fully saturated rings. The van der Waals surface area contributed by atoms with Crippen molar-refractivity contribution in [1.82, 2.24) is 0 Å². The van der Waals surface area contributed by atoms with Crippen LogP contribution in [0.5, 0.6) is 0 Å². The number of anilines is 2. The molecule has 1 aromatic carbocycles. The van der Waals surface area contributed by atoms with Crippen molar-refractivity contribution >= 4 is 35.6 Å². The second-order valence-corrected chi connectivity index (χ2v) is 5.60. The molecular weight excluding hydrogens is 290 g/mol. The Hall–Kier alpha value is -1.59. The largest absolute Gasteiger partial charge is 0.326 e. The minimum Gasteiger partial charge on any atom is -0.326 e. The molecular formula is C15H22ClN3O2. The number of amides is 2. The number of hydrogen-bond donors (Lipinski definition) is 3. The molecule has 1 atom stereocenters. The molecule has 0 bridgehead atoms. The average molecular weight is 312 g/mol. The summed E-state index contributed by atoms with van der Waals surface area (Å²) in [7, 11) is 0. The molecule has 0 saturated heterocycles. The zero-order chi connectivity index (χ0) is 14.7. The maximum Gasteiger partial charge on any atom is 0.241 e. The summed E-state index contributed by atoms with van der Waals surface area (Å²) in [5, 5.41) is 5.61. The zero-order valence-corrected chi connectivity index (χ0v) is 13.1. The first-order chi connectivity index (χ1) is 9.47. The zero-order valence-electron chi connectivity index (χ0n) is 12.3. The first-order valence-corrected chi connectivity index (χ1v) is 6.94. The highest BCUT2D eigenvalue weighted by Gasteiger charge is 2.29. The van der Waals surface area contributed by atoms with Gasteiger partial charge < -0.3 is 16.4 Å². The van der Waals surface area contributed by atoms with E-state index in [1.165, 1.54) is 0 Å². The van der Waals surface area contributed by atoms with Crippen LogP contribution in [-0.2, 0) is 9.59 Å². The molecule has 2 amide bonds. The molecule has 6 heteroatoms. The maximum atomic E-state index is 11.8. The summed E-state index contributed by atoms with van der Waals surface area (Å²) in [6, 6.07) is 6.54. The number of hydrogen-bond acceptors (Lipinski definition) is 3. The lowest BCUT2D eigenvalue weighted by molar-refractivity contribution is -0.118. The van der Waals surface area contributed by atoms with Crippen molar-refractivity contribution in [1.29, 1.82) is 0 Å². The number of benzene rings is 1. The SMILES string of the molecule is CC(C)[C@@H](N)C(=O)Nc1ccc(NC(=O)C2CC2)cc1.Cl. The summed E-state index contributed by atoms with van der Waals surface area (Å²) >= 11 is 0. The highest BCUT2D eigenvalue weighted by atomic mass is 35.5. The molecule has 4 N–H and O–H groups in total. The summed E-state index contributed by atoms with van der Waals surface area (Å²) < 4.78 is 0. The number of nitrogens with two attached hydrogens (primary N) is 1. The number of halogens is 1. The second kappa shape index (κ2) is 7.43. The van der Waals surface area contributed by atoms with Gasteiger partial charge in [-0.3, -0.25) is 9.59 Å². The van der Waals surface area contributed by atoms with Gasteiger partial charge in [-0.05, 0) is 43.0 Å². The number of rotatable bonds is 5. The highest BCUT2D eigenvalue weighted by Crippen LogP contribution is 2.30. The highest BCUT2D eigenvalue weighted by molar-refractivity contribution is 5.96. The van der Waals surface area contributed by atoms with Crippen molar-refractivity contribution in [3.63, 3.8) is 0 Å². The Morgan fingerprint density at radius 3 is 2.00 bits per heavy atom. The fourth-order valence-corrected chi connectivity index (χ4v) is 1.76. The van der Waals surface area contributed by atoms with Crippen molar-refractivity contribution in [3.05, 3.63) is 24.3 Å². The van der Waals surface area contributed by atoms with Gasteiger partial charge >= 0.3 is 0 Å². The van der Waals surface area contributed by atoms with Crippen LogP contribution in [0.4, 0.5) is 11.4 Å². The molecule has 1 saturated carbocycles. The van der Waals surface area contributed by atoms with E-state index in [4.69, 9.17) is 5.73 Å². The molecule has 1 aromatic rings. The molecule has 2 rings (SSSR count). The van der Waals surface area contributed by atoms with Crippen LogP contribution in [-0.4, -0.2) is 17.9 Å². The fourth-order valence-electron chi connectivity index (χ4n) is 1.76. The molecule has 21 heavy (non-hydrogen) atoms. The van der Waals surface area contributed by atoms with Crippen LogP contribution in [0.1, 0.15) is 26.7 Å². The van der Waals surface area contributed by atoms with Crippen molar-refractivity contribution < 1.29 is 9.59 Å². The number of nitrogens with one attached hydrogen (secondary N) is 2. The smallest absolute Gasteiger partial charge is 0.241 e. The van der Waals surface area contributed by atoms with Gasteiger partial charge in [-0.1, -0.05) is 13.8 Å². The van der Waals surface area contributed by atoms with Gasteiger partial charge in [0.15, 0.2) is 0 Å². The van der Waals surface area contributed by atoms with E-state index in [1.54, 1.807) is 24.3 Å². The Morgan fingerprint density at radius 1 is 1.10 bits per heavy atom. The number of carbonyl (C=O) groups excluding carboxylic acids is 2. The maximum absolute atomic E-state index is 11.8. The molecule has 5 nitrogen and oxygen atoms in total. The summed E-state index contributed by atoms with van der Waals surface area (Å²) in [5.41, 5.74) is 7.19. The van der Waals surface area contributed by atoms with Gasteiger partial charge in [0.2, 0.25) is 11.8 Å². The predicted molar refractivity (Wildman–Crippen MR) is 86.5 cm³/mol. The first kappa shape index (κ1) is 17.5. The lowest BCUT2D eigenvalue weighted by Gasteiger charge is -2.15. The molecule has 1 aliphatic rings. The van der Waals surface area contributed by atoms with Crippen molar-refractivity contribution in [3.8, 4) is 0 Å². The van der Waals surface area contributed by atoms with Crippen LogP contribution < -0.4 is 16.4 Å². The van der Waals surface area contributed by atoms with Crippen LogP contribution in [0.15, 0.2) is 24.3 Å².